The summed E-state index contributed by atoms with van der Waals surface area (Å²) in [6.07, 6.45) is 5.23. The second kappa shape index (κ2) is 7.82. The highest BCUT2D eigenvalue weighted by Gasteiger charge is 2.17. The van der Waals surface area contributed by atoms with Crippen LogP contribution >= 0.6 is 0 Å². The van der Waals surface area contributed by atoms with Crippen molar-refractivity contribution in [2.45, 2.75) is 44.7 Å². The van der Waals surface area contributed by atoms with Crippen molar-refractivity contribution in [3.63, 3.8) is 0 Å². The molecule has 1 saturated carbocycles. The molecule has 0 saturated heterocycles. The largest absolute Gasteiger partial charge is 0.335 e. The third-order valence-electron chi connectivity index (χ3n) is 4.01. The molecular formula is C16H19FN6O2. The average molecular weight is 346 g/mol. The molecule has 132 valence electrons. The van der Waals surface area contributed by atoms with Crippen LogP contribution in [0.2, 0.25) is 0 Å². The van der Waals surface area contributed by atoms with Crippen LogP contribution in [0, 0.1) is 5.82 Å². The van der Waals surface area contributed by atoms with E-state index in [0.29, 0.717) is 5.56 Å². The summed E-state index contributed by atoms with van der Waals surface area (Å²) >= 11 is 0. The van der Waals surface area contributed by atoms with Crippen LogP contribution in [0.3, 0.4) is 0 Å². The molecule has 0 unspecified atom stereocenters. The third kappa shape index (κ3) is 4.82. The van der Waals surface area contributed by atoms with Crippen molar-refractivity contribution in [2.75, 3.05) is 0 Å². The minimum Gasteiger partial charge on any atom is -0.335 e. The van der Waals surface area contributed by atoms with Crippen LogP contribution in [0.4, 0.5) is 9.18 Å². The lowest BCUT2D eigenvalue weighted by atomic mass is 9.96. The summed E-state index contributed by atoms with van der Waals surface area (Å²) < 4.78 is 13.2. The summed E-state index contributed by atoms with van der Waals surface area (Å²) in [5, 5.41) is 16.6. The van der Waals surface area contributed by atoms with Crippen LogP contribution in [0.15, 0.2) is 24.3 Å². The fourth-order valence-corrected chi connectivity index (χ4v) is 2.82. The number of imide groups is 1. The Labute approximate surface area is 143 Å². The number of aromatic nitrogens is 4. The predicted octanol–water partition coefficient (Wildman–Crippen LogP) is 1.64. The van der Waals surface area contributed by atoms with Crippen LogP contribution < -0.4 is 10.6 Å². The Morgan fingerprint density at radius 3 is 2.80 bits per heavy atom. The Morgan fingerprint density at radius 2 is 2.04 bits per heavy atom. The molecule has 1 aromatic heterocycles. The molecule has 1 aromatic carbocycles. The van der Waals surface area contributed by atoms with E-state index in [1.54, 1.807) is 6.07 Å². The molecule has 8 nitrogen and oxygen atoms in total. The number of hydrogen-bond acceptors (Lipinski definition) is 5. The van der Waals surface area contributed by atoms with E-state index in [9.17, 15) is 14.0 Å². The molecule has 25 heavy (non-hydrogen) atoms. The van der Waals surface area contributed by atoms with Crippen molar-refractivity contribution in [3.8, 4) is 11.4 Å². The fraction of sp³-hybridized carbons (Fsp3) is 0.438. The number of urea groups is 1. The first-order valence-electron chi connectivity index (χ1n) is 8.24. The van der Waals surface area contributed by atoms with Crippen LogP contribution in [0.1, 0.15) is 32.1 Å². The number of rotatable bonds is 4. The number of benzene rings is 1. The van der Waals surface area contributed by atoms with Gasteiger partial charge in [0.2, 0.25) is 5.82 Å². The van der Waals surface area contributed by atoms with E-state index < -0.39 is 17.8 Å². The molecule has 3 rings (SSSR count). The minimum absolute atomic E-state index is 0.116. The lowest BCUT2D eigenvalue weighted by Crippen LogP contribution is -2.46. The molecule has 3 amide bonds. The Balaban J connectivity index is 1.52. The number of carbonyl (C=O) groups excluding carboxylic acids is 2. The molecule has 0 radical (unpaired) electrons. The number of carbonyl (C=O) groups is 2. The summed E-state index contributed by atoms with van der Waals surface area (Å²) in [7, 11) is 0. The summed E-state index contributed by atoms with van der Waals surface area (Å²) in [6, 6.07) is 5.37. The van der Waals surface area contributed by atoms with Gasteiger partial charge in [0.15, 0.2) is 0 Å². The molecule has 1 aliphatic rings. The van der Waals surface area contributed by atoms with Gasteiger partial charge in [-0.1, -0.05) is 31.4 Å². The van der Waals surface area contributed by atoms with Gasteiger partial charge in [0, 0.05) is 11.6 Å². The molecule has 9 heteroatoms. The molecule has 0 aliphatic heterocycles. The zero-order valence-electron chi connectivity index (χ0n) is 13.6. The van der Waals surface area contributed by atoms with Gasteiger partial charge in [-0.05, 0) is 30.2 Å². The quantitative estimate of drug-likeness (QED) is 0.876. The third-order valence-corrected chi connectivity index (χ3v) is 4.01. The number of nitrogens with one attached hydrogen (secondary N) is 2. The number of amides is 3. The van der Waals surface area contributed by atoms with E-state index >= 15 is 0 Å². The van der Waals surface area contributed by atoms with Gasteiger partial charge < -0.3 is 5.32 Å². The zero-order chi connectivity index (χ0) is 17.6. The number of tetrazole rings is 1. The molecule has 1 heterocycles. The van der Waals surface area contributed by atoms with E-state index in [2.05, 4.69) is 26.0 Å². The molecule has 2 N–H and O–H groups in total. The summed E-state index contributed by atoms with van der Waals surface area (Å²) in [4.78, 5) is 24.8. The van der Waals surface area contributed by atoms with Crippen molar-refractivity contribution in [1.82, 2.24) is 30.8 Å². The monoisotopic (exact) mass is 346 g/mol. The highest BCUT2D eigenvalue weighted by atomic mass is 19.1. The predicted molar refractivity (Wildman–Crippen MR) is 86.8 cm³/mol. The van der Waals surface area contributed by atoms with Gasteiger partial charge in [0.05, 0.1) is 0 Å². The van der Waals surface area contributed by atoms with Crippen molar-refractivity contribution in [2.24, 2.45) is 0 Å². The van der Waals surface area contributed by atoms with Crippen LogP contribution in [0.25, 0.3) is 11.4 Å². The van der Waals surface area contributed by atoms with Crippen molar-refractivity contribution >= 4 is 11.9 Å². The Hall–Kier alpha value is -2.84. The second-order valence-corrected chi connectivity index (χ2v) is 6.01. The lowest BCUT2D eigenvalue weighted by Gasteiger charge is -2.22. The fourth-order valence-electron chi connectivity index (χ4n) is 2.82. The molecular weight excluding hydrogens is 327 g/mol. The van der Waals surface area contributed by atoms with E-state index in [-0.39, 0.29) is 18.4 Å². The normalized spacial score (nSPS) is 14.9. The summed E-state index contributed by atoms with van der Waals surface area (Å²) in [6.45, 7) is -0.250. The van der Waals surface area contributed by atoms with Crippen LogP contribution in [-0.2, 0) is 11.3 Å². The van der Waals surface area contributed by atoms with Crippen molar-refractivity contribution in [1.29, 1.82) is 0 Å². The molecule has 2 aromatic rings. The van der Waals surface area contributed by atoms with Gasteiger partial charge in [-0.15, -0.1) is 10.2 Å². The topological polar surface area (TPSA) is 102 Å². The zero-order valence-corrected chi connectivity index (χ0v) is 13.6. The van der Waals surface area contributed by atoms with E-state index in [1.165, 1.54) is 24.6 Å². The maximum atomic E-state index is 13.2. The molecule has 0 atom stereocenters. The smallest absolute Gasteiger partial charge is 0.321 e. The Morgan fingerprint density at radius 1 is 1.24 bits per heavy atom. The maximum Gasteiger partial charge on any atom is 0.321 e. The van der Waals surface area contributed by atoms with E-state index in [0.717, 1.165) is 30.5 Å². The standard InChI is InChI=1S/C16H19FN6O2/c17-12-6-4-5-11(9-12)15-20-22-23(21-15)10-14(24)19-16(25)18-13-7-2-1-3-8-13/h4-6,9,13H,1-3,7-8,10H2,(H2,18,19,24,25). The number of nitrogens with zero attached hydrogens (tertiary/aromatic N) is 4. The average Bonchev–Trinajstić information content (AvgIpc) is 3.04. The second-order valence-electron chi connectivity index (χ2n) is 6.01. The molecule has 0 spiro atoms. The number of hydrogen-bond donors (Lipinski definition) is 2. The van der Waals surface area contributed by atoms with E-state index in [4.69, 9.17) is 0 Å². The van der Waals surface area contributed by atoms with Crippen molar-refractivity contribution < 1.29 is 14.0 Å². The van der Waals surface area contributed by atoms with Crippen LogP contribution in [-0.4, -0.2) is 38.2 Å². The van der Waals surface area contributed by atoms with Gasteiger partial charge in [-0.25, -0.2) is 9.18 Å². The lowest BCUT2D eigenvalue weighted by molar-refractivity contribution is -0.121. The Kier molecular flexibility index (Phi) is 5.32. The number of halogens is 1. The van der Waals surface area contributed by atoms with Gasteiger partial charge in [-0.2, -0.15) is 4.80 Å². The van der Waals surface area contributed by atoms with Gasteiger partial charge in [-0.3, -0.25) is 10.1 Å². The molecule has 0 bridgehead atoms. The van der Waals surface area contributed by atoms with Gasteiger partial charge >= 0.3 is 6.03 Å². The summed E-state index contributed by atoms with van der Waals surface area (Å²) in [5.41, 5.74) is 0.460. The Bertz CT molecular complexity index is 757. The van der Waals surface area contributed by atoms with E-state index in [1.807, 2.05) is 0 Å². The van der Waals surface area contributed by atoms with Gasteiger partial charge in [0.1, 0.15) is 12.4 Å². The highest BCUT2D eigenvalue weighted by molar-refractivity contribution is 5.94. The first-order chi connectivity index (χ1) is 12.1. The van der Waals surface area contributed by atoms with Gasteiger partial charge in [0.25, 0.3) is 5.91 Å². The first-order valence-corrected chi connectivity index (χ1v) is 8.24. The molecule has 1 aliphatic carbocycles. The van der Waals surface area contributed by atoms with Crippen LogP contribution in [0.5, 0.6) is 0 Å². The molecule has 1 fully saturated rings. The first kappa shape index (κ1) is 17.0. The highest BCUT2D eigenvalue weighted by Crippen LogP contribution is 2.17. The SMILES string of the molecule is O=C(Cn1nnc(-c2cccc(F)c2)n1)NC(=O)NC1CCCCC1. The van der Waals surface area contributed by atoms with Crippen molar-refractivity contribution in [3.05, 3.63) is 30.1 Å². The summed E-state index contributed by atoms with van der Waals surface area (Å²) in [5.74, 6) is -0.749. The maximum absolute atomic E-state index is 13.2. The minimum atomic E-state index is -0.545.